The van der Waals surface area contributed by atoms with Gasteiger partial charge in [0.25, 0.3) is 0 Å². The Hall–Kier alpha value is -1.04. The van der Waals surface area contributed by atoms with Crippen LogP contribution in [0, 0.1) is 5.41 Å². The van der Waals surface area contributed by atoms with Crippen molar-refractivity contribution in [2.24, 2.45) is 5.41 Å². The minimum Gasteiger partial charge on any atom is -0.356 e. The van der Waals surface area contributed by atoms with Gasteiger partial charge in [-0.3, -0.25) is 4.79 Å². The summed E-state index contributed by atoms with van der Waals surface area (Å²) in [7, 11) is 0. The third-order valence-electron chi connectivity index (χ3n) is 4.95. The van der Waals surface area contributed by atoms with E-state index in [0.29, 0.717) is 6.04 Å². The molecule has 1 unspecified atom stereocenters. The number of carbonyl (C=O) groups excluding carboxylic acids is 1. The first-order chi connectivity index (χ1) is 10.7. The van der Waals surface area contributed by atoms with Crippen LogP contribution in [-0.4, -0.2) is 43.1 Å². The second-order valence-corrected chi connectivity index (χ2v) is 6.76. The largest absolute Gasteiger partial charge is 0.356 e. The summed E-state index contributed by atoms with van der Waals surface area (Å²) in [5.41, 5.74) is -0.240. The van der Waals surface area contributed by atoms with Gasteiger partial charge >= 0.3 is 0 Å². The highest BCUT2D eigenvalue weighted by Gasteiger charge is 2.36. The van der Waals surface area contributed by atoms with Gasteiger partial charge in [0.05, 0.1) is 5.41 Å². The number of hydrogen-bond acceptors (Lipinski definition) is 4. The van der Waals surface area contributed by atoms with Crippen molar-refractivity contribution in [2.75, 3.05) is 31.1 Å². The van der Waals surface area contributed by atoms with E-state index in [-0.39, 0.29) is 36.1 Å². The Balaban J connectivity index is 0.00000144. The van der Waals surface area contributed by atoms with Crippen LogP contribution in [0.2, 0.25) is 0 Å². The van der Waals surface area contributed by atoms with Crippen LogP contribution in [0.1, 0.15) is 32.6 Å². The molecule has 0 spiro atoms. The molecule has 24 heavy (non-hydrogen) atoms. The average molecular weight is 375 g/mol. The summed E-state index contributed by atoms with van der Waals surface area (Å²) in [5.74, 6) is 1.26. The summed E-state index contributed by atoms with van der Waals surface area (Å²) < 4.78 is 0. The van der Waals surface area contributed by atoms with Crippen molar-refractivity contribution in [3.05, 3.63) is 24.4 Å². The number of nitrogens with one attached hydrogen (secondary N) is 2. The van der Waals surface area contributed by atoms with Crippen molar-refractivity contribution in [2.45, 2.75) is 38.6 Å². The van der Waals surface area contributed by atoms with Crippen molar-refractivity contribution < 1.29 is 4.79 Å². The van der Waals surface area contributed by atoms with Gasteiger partial charge in [0.1, 0.15) is 5.82 Å². The molecule has 136 valence electrons. The molecule has 0 aliphatic carbocycles. The fraction of sp³-hybridized carbons (Fsp3) is 0.647. The lowest BCUT2D eigenvalue weighted by atomic mass is 9.81. The van der Waals surface area contributed by atoms with Crippen molar-refractivity contribution in [3.8, 4) is 0 Å². The molecule has 2 N–H and O–H groups in total. The lowest BCUT2D eigenvalue weighted by molar-refractivity contribution is -0.132. The number of aromatic nitrogens is 1. The van der Waals surface area contributed by atoms with Gasteiger partial charge in [0.2, 0.25) is 5.91 Å². The van der Waals surface area contributed by atoms with Crippen LogP contribution in [-0.2, 0) is 4.79 Å². The molecule has 3 heterocycles. The topological polar surface area (TPSA) is 57.3 Å². The second kappa shape index (κ2) is 9.44. The van der Waals surface area contributed by atoms with E-state index in [1.165, 1.54) is 0 Å². The molecule has 2 aliphatic heterocycles. The number of amides is 1. The minimum atomic E-state index is -0.240. The van der Waals surface area contributed by atoms with E-state index in [1.807, 2.05) is 24.4 Å². The summed E-state index contributed by atoms with van der Waals surface area (Å²) in [5, 5.41) is 6.62. The van der Waals surface area contributed by atoms with Gasteiger partial charge in [-0.25, -0.2) is 4.98 Å². The van der Waals surface area contributed by atoms with E-state index in [2.05, 4.69) is 27.4 Å². The molecule has 0 bridgehead atoms. The Morgan fingerprint density at radius 1 is 1.33 bits per heavy atom. The summed E-state index contributed by atoms with van der Waals surface area (Å²) in [6.45, 7) is 5.82. The summed E-state index contributed by atoms with van der Waals surface area (Å²) >= 11 is 0. The smallest absolute Gasteiger partial charge is 0.227 e. The van der Waals surface area contributed by atoms with Crippen LogP contribution in [0.5, 0.6) is 0 Å². The van der Waals surface area contributed by atoms with Crippen LogP contribution in [0.4, 0.5) is 5.82 Å². The lowest BCUT2D eigenvalue weighted by Crippen LogP contribution is -2.53. The first kappa shape index (κ1) is 21.0. The average Bonchev–Trinajstić information content (AvgIpc) is 2.57. The van der Waals surface area contributed by atoms with E-state index < -0.39 is 0 Å². The van der Waals surface area contributed by atoms with E-state index in [0.717, 1.165) is 57.7 Å². The highest BCUT2D eigenvalue weighted by atomic mass is 35.5. The maximum atomic E-state index is 12.6. The van der Waals surface area contributed by atoms with Gasteiger partial charge in [0, 0.05) is 31.9 Å². The Kier molecular flexibility index (Phi) is 8.27. The first-order valence-electron chi connectivity index (χ1n) is 8.35. The van der Waals surface area contributed by atoms with Gasteiger partial charge in [-0.1, -0.05) is 6.07 Å². The molecule has 3 rings (SSSR count). The maximum absolute atomic E-state index is 12.6. The minimum absolute atomic E-state index is 0. The van der Waals surface area contributed by atoms with E-state index in [4.69, 9.17) is 0 Å². The zero-order chi connectivity index (χ0) is 15.4. The highest BCUT2D eigenvalue weighted by molar-refractivity contribution is 5.85. The molecule has 0 aromatic carbocycles. The van der Waals surface area contributed by atoms with Crippen molar-refractivity contribution in [1.82, 2.24) is 15.6 Å². The molecular formula is C17H28Cl2N4O. The number of pyridine rings is 1. The van der Waals surface area contributed by atoms with Crippen LogP contribution in [0.3, 0.4) is 0 Å². The van der Waals surface area contributed by atoms with Gasteiger partial charge in [-0.2, -0.15) is 0 Å². The SMILES string of the molecule is CC1(C(=O)NC2CCN(c3ccccn3)CC2)CCCNC1.Cl.Cl. The van der Waals surface area contributed by atoms with Crippen LogP contribution < -0.4 is 15.5 Å². The summed E-state index contributed by atoms with van der Waals surface area (Å²) in [4.78, 5) is 19.3. The molecule has 0 saturated carbocycles. The monoisotopic (exact) mass is 374 g/mol. The summed E-state index contributed by atoms with van der Waals surface area (Å²) in [6, 6.07) is 6.31. The predicted molar refractivity (Wildman–Crippen MR) is 102 cm³/mol. The molecule has 2 aliphatic rings. The fourth-order valence-corrected chi connectivity index (χ4v) is 3.40. The maximum Gasteiger partial charge on any atom is 0.227 e. The Labute approximate surface area is 156 Å². The van der Waals surface area contributed by atoms with Crippen LogP contribution in [0.25, 0.3) is 0 Å². The lowest BCUT2D eigenvalue weighted by Gasteiger charge is -2.37. The van der Waals surface area contributed by atoms with E-state index >= 15 is 0 Å². The van der Waals surface area contributed by atoms with Crippen molar-refractivity contribution in [1.29, 1.82) is 0 Å². The molecule has 1 aromatic heterocycles. The first-order valence-corrected chi connectivity index (χ1v) is 8.35. The Morgan fingerprint density at radius 3 is 2.67 bits per heavy atom. The van der Waals surface area contributed by atoms with Gasteiger partial charge in [-0.15, -0.1) is 24.8 Å². The number of hydrogen-bond donors (Lipinski definition) is 2. The van der Waals surface area contributed by atoms with Gasteiger partial charge in [0.15, 0.2) is 0 Å². The number of rotatable bonds is 3. The molecule has 2 fully saturated rings. The molecule has 1 atom stereocenters. The van der Waals surface area contributed by atoms with Crippen LogP contribution in [0.15, 0.2) is 24.4 Å². The quantitative estimate of drug-likeness (QED) is 0.852. The number of piperidine rings is 2. The van der Waals surface area contributed by atoms with Gasteiger partial charge in [-0.05, 0) is 51.3 Å². The van der Waals surface area contributed by atoms with Crippen molar-refractivity contribution >= 4 is 36.5 Å². The zero-order valence-corrected chi connectivity index (χ0v) is 15.8. The number of nitrogens with zero attached hydrogens (tertiary/aromatic N) is 2. The van der Waals surface area contributed by atoms with Crippen LogP contribution >= 0.6 is 24.8 Å². The Morgan fingerprint density at radius 2 is 2.08 bits per heavy atom. The zero-order valence-electron chi connectivity index (χ0n) is 14.2. The fourth-order valence-electron chi connectivity index (χ4n) is 3.40. The van der Waals surface area contributed by atoms with E-state index in [1.54, 1.807) is 0 Å². The summed E-state index contributed by atoms with van der Waals surface area (Å²) in [6.07, 6.45) is 5.89. The third-order valence-corrected chi connectivity index (χ3v) is 4.95. The molecule has 7 heteroatoms. The number of halogens is 2. The highest BCUT2D eigenvalue weighted by Crippen LogP contribution is 2.26. The van der Waals surface area contributed by atoms with Gasteiger partial charge < -0.3 is 15.5 Å². The molecule has 5 nitrogen and oxygen atoms in total. The van der Waals surface area contributed by atoms with E-state index in [9.17, 15) is 4.79 Å². The predicted octanol–water partition coefficient (Wildman–Crippen LogP) is 2.40. The third kappa shape index (κ3) is 4.98. The number of anilines is 1. The van der Waals surface area contributed by atoms with Crippen molar-refractivity contribution in [3.63, 3.8) is 0 Å². The normalized spacial score (nSPS) is 24.5. The molecule has 0 radical (unpaired) electrons. The molecule has 2 saturated heterocycles. The number of carbonyl (C=O) groups is 1. The molecule has 1 aromatic rings. The molecular weight excluding hydrogens is 347 g/mol. The second-order valence-electron chi connectivity index (χ2n) is 6.76. The Bertz CT molecular complexity index is 501. The molecule has 1 amide bonds. The standard InChI is InChI=1S/C17H26N4O.2ClH/c1-17(8-4-9-18-13-17)16(22)20-14-6-11-21(12-7-14)15-5-2-3-10-19-15;;/h2-3,5,10,14,18H,4,6-9,11-13H2,1H3,(H,20,22);2*1H.